The van der Waals surface area contributed by atoms with Crippen molar-refractivity contribution in [3.05, 3.63) is 60.2 Å². The van der Waals surface area contributed by atoms with Gasteiger partial charge < -0.3 is 10.1 Å². The van der Waals surface area contributed by atoms with E-state index in [4.69, 9.17) is 4.74 Å². The van der Waals surface area contributed by atoms with Crippen molar-refractivity contribution in [2.45, 2.75) is 6.04 Å². The van der Waals surface area contributed by atoms with E-state index < -0.39 is 0 Å². The van der Waals surface area contributed by atoms with Crippen LogP contribution in [0.25, 0.3) is 11.1 Å². The first kappa shape index (κ1) is 11.5. The molecule has 18 heavy (non-hydrogen) atoms. The van der Waals surface area contributed by atoms with E-state index in [1.807, 2.05) is 6.07 Å². The van der Waals surface area contributed by atoms with Crippen molar-refractivity contribution < 1.29 is 4.74 Å². The lowest BCUT2D eigenvalue weighted by Crippen LogP contribution is -2.34. The van der Waals surface area contributed by atoms with Gasteiger partial charge >= 0.3 is 0 Å². The minimum atomic E-state index is 0.337. The molecule has 0 aromatic heterocycles. The summed E-state index contributed by atoms with van der Waals surface area (Å²) in [6, 6.07) is 19.5. The Morgan fingerprint density at radius 3 is 2.28 bits per heavy atom. The van der Waals surface area contributed by atoms with Crippen LogP contribution in [0.3, 0.4) is 0 Å². The molecule has 1 aliphatic rings. The fraction of sp³-hybridized carbons (Fsp3) is 0.250. The van der Waals surface area contributed by atoms with Crippen molar-refractivity contribution in [1.29, 1.82) is 0 Å². The average molecular weight is 239 g/mol. The van der Waals surface area contributed by atoms with Crippen LogP contribution in [0.15, 0.2) is 54.6 Å². The number of nitrogens with one attached hydrogen (secondary N) is 1. The molecule has 2 heteroatoms. The Balaban J connectivity index is 1.80. The van der Waals surface area contributed by atoms with Crippen molar-refractivity contribution in [3.8, 4) is 11.1 Å². The molecule has 0 aliphatic carbocycles. The summed E-state index contributed by atoms with van der Waals surface area (Å²) >= 11 is 0. The first-order chi connectivity index (χ1) is 8.93. The largest absolute Gasteiger partial charge is 0.378 e. The van der Waals surface area contributed by atoms with E-state index in [2.05, 4.69) is 53.8 Å². The lowest BCUT2D eigenvalue weighted by molar-refractivity contribution is 0.0769. The van der Waals surface area contributed by atoms with Gasteiger partial charge in [-0.25, -0.2) is 0 Å². The summed E-state index contributed by atoms with van der Waals surface area (Å²) in [7, 11) is 0. The fourth-order valence-corrected chi connectivity index (χ4v) is 2.32. The standard InChI is InChI=1S/C16H17NO/c1-2-4-13(5-3-1)14-6-8-15(9-7-14)16-12-18-11-10-17-16/h1-9,16-17H,10-12H2/t16-/m0/s1. The minimum absolute atomic E-state index is 0.337. The highest BCUT2D eigenvalue weighted by molar-refractivity contribution is 5.63. The first-order valence-corrected chi connectivity index (χ1v) is 6.40. The van der Waals surface area contributed by atoms with E-state index in [-0.39, 0.29) is 0 Å². The number of morpholine rings is 1. The average Bonchev–Trinajstić information content (AvgIpc) is 2.49. The zero-order chi connectivity index (χ0) is 12.2. The SMILES string of the molecule is c1ccc(-c2ccc([C@@H]3COCCN3)cc2)cc1. The zero-order valence-corrected chi connectivity index (χ0v) is 10.3. The maximum Gasteiger partial charge on any atom is 0.0662 e. The molecule has 0 unspecified atom stereocenters. The molecule has 1 saturated heterocycles. The third-order valence-corrected chi connectivity index (χ3v) is 3.34. The van der Waals surface area contributed by atoms with E-state index in [9.17, 15) is 0 Å². The van der Waals surface area contributed by atoms with Gasteiger partial charge in [-0.15, -0.1) is 0 Å². The fourth-order valence-electron chi connectivity index (χ4n) is 2.32. The van der Waals surface area contributed by atoms with E-state index in [1.165, 1.54) is 16.7 Å². The van der Waals surface area contributed by atoms with Gasteiger partial charge in [-0.3, -0.25) is 0 Å². The maximum atomic E-state index is 5.49. The highest BCUT2D eigenvalue weighted by atomic mass is 16.5. The summed E-state index contributed by atoms with van der Waals surface area (Å²) in [6.45, 7) is 2.52. The second-order valence-electron chi connectivity index (χ2n) is 4.57. The van der Waals surface area contributed by atoms with Crippen LogP contribution in [0, 0.1) is 0 Å². The smallest absolute Gasteiger partial charge is 0.0662 e. The molecular formula is C16H17NO. The Labute approximate surface area is 108 Å². The number of hydrogen-bond donors (Lipinski definition) is 1. The Kier molecular flexibility index (Phi) is 3.40. The Bertz CT molecular complexity index is 486. The Morgan fingerprint density at radius 2 is 1.61 bits per heavy atom. The van der Waals surface area contributed by atoms with Crippen LogP contribution in [-0.2, 0) is 4.74 Å². The molecule has 0 spiro atoms. The predicted molar refractivity (Wildman–Crippen MR) is 73.4 cm³/mol. The van der Waals surface area contributed by atoms with Crippen molar-refractivity contribution in [1.82, 2.24) is 5.32 Å². The van der Waals surface area contributed by atoms with Gasteiger partial charge in [-0.2, -0.15) is 0 Å². The number of rotatable bonds is 2. The highest BCUT2D eigenvalue weighted by Crippen LogP contribution is 2.22. The van der Waals surface area contributed by atoms with Gasteiger partial charge in [0.15, 0.2) is 0 Å². The number of hydrogen-bond acceptors (Lipinski definition) is 2. The molecule has 2 aromatic carbocycles. The quantitative estimate of drug-likeness (QED) is 0.869. The zero-order valence-electron chi connectivity index (χ0n) is 10.3. The Hall–Kier alpha value is -1.64. The summed E-state index contributed by atoms with van der Waals surface area (Å²) in [5, 5.41) is 3.47. The van der Waals surface area contributed by atoms with Gasteiger partial charge in [0.1, 0.15) is 0 Å². The van der Waals surface area contributed by atoms with Crippen LogP contribution < -0.4 is 5.32 Å². The van der Waals surface area contributed by atoms with Gasteiger partial charge in [-0.05, 0) is 16.7 Å². The second-order valence-corrected chi connectivity index (χ2v) is 4.57. The molecule has 1 atom stereocenters. The molecule has 0 saturated carbocycles. The third-order valence-electron chi connectivity index (χ3n) is 3.34. The monoisotopic (exact) mass is 239 g/mol. The van der Waals surface area contributed by atoms with Gasteiger partial charge in [0.2, 0.25) is 0 Å². The van der Waals surface area contributed by atoms with Crippen molar-refractivity contribution in [2.75, 3.05) is 19.8 Å². The molecule has 1 heterocycles. The van der Waals surface area contributed by atoms with Crippen LogP contribution in [0.4, 0.5) is 0 Å². The summed E-state index contributed by atoms with van der Waals surface area (Å²) < 4.78 is 5.49. The second kappa shape index (κ2) is 5.34. The van der Waals surface area contributed by atoms with E-state index in [0.717, 1.165) is 19.8 Å². The highest BCUT2D eigenvalue weighted by Gasteiger charge is 2.14. The van der Waals surface area contributed by atoms with E-state index in [0.29, 0.717) is 6.04 Å². The molecule has 0 radical (unpaired) electrons. The van der Waals surface area contributed by atoms with Crippen LogP contribution >= 0.6 is 0 Å². The summed E-state index contributed by atoms with van der Waals surface area (Å²) in [4.78, 5) is 0. The topological polar surface area (TPSA) is 21.3 Å². The van der Waals surface area contributed by atoms with E-state index >= 15 is 0 Å². The van der Waals surface area contributed by atoms with Gasteiger partial charge in [0, 0.05) is 6.54 Å². The molecule has 2 aromatic rings. The molecule has 92 valence electrons. The normalized spacial score (nSPS) is 19.7. The first-order valence-electron chi connectivity index (χ1n) is 6.40. The minimum Gasteiger partial charge on any atom is -0.378 e. The lowest BCUT2D eigenvalue weighted by Gasteiger charge is -2.24. The molecule has 0 amide bonds. The van der Waals surface area contributed by atoms with Crippen LogP contribution in [0.2, 0.25) is 0 Å². The van der Waals surface area contributed by atoms with Crippen LogP contribution in [0.1, 0.15) is 11.6 Å². The molecule has 0 bridgehead atoms. The van der Waals surface area contributed by atoms with Crippen molar-refractivity contribution >= 4 is 0 Å². The molecule has 3 rings (SSSR count). The maximum absolute atomic E-state index is 5.49. The number of benzene rings is 2. The molecule has 2 nitrogen and oxygen atoms in total. The van der Waals surface area contributed by atoms with Gasteiger partial charge in [0.05, 0.1) is 19.3 Å². The van der Waals surface area contributed by atoms with Crippen molar-refractivity contribution in [3.63, 3.8) is 0 Å². The molecular weight excluding hydrogens is 222 g/mol. The lowest BCUT2D eigenvalue weighted by atomic mass is 10.0. The van der Waals surface area contributed by atoms with Gasteiger partial charge in [-0.1, -0.05) is 54.6 Å². The van der Waals surface area contributed by atoms with E-state index in [1.54, 1.807) is 0 Å². The predicted octanol–water partition coefficient (Wildman–Crippen LogP) is 3.01. The van der Waals surface area contributed by atoms with Gasteiger partial charge in [0.25, 0.3) is 0 Å². The summed E-state index contributed by atoms with van der Waals surface area (Å²) in [5.41, 5.74) is 3.82. The summed E-state index contributed by atoms with van der Waals surface area (Å²) in [6.07, 6.45) is 0. The Morgan fingerprint density at radius 1 is 0.889 bits per heavy atom. The third kappa shape index (κ3) is 2.45. The molecule has 1 fully saturated rings. The van der Waals surface area contributed by atoms with Crippen LogP contribution in [0.5, 0.6) is 0 Å². The van der Waals surface area contributed by atoms with Crippen LogP contribution in [-0.4, -0.2) is 19.8 Å². The van der Waals surface area contributed by atoms with Crippen molar-refractivity contribution in [2.24, 2.45) is 0 Å². The molecule has 1 N–H and O–H groups in total. The number of ether oxygens (including phenoxy) is 1. The molecule has 1 aliphatic heterocycles. The summed E-state index contributed by atoms with van der Waals surface area (Å²) in [5.74, 6) is 0.